The molecule has 0 unspecified atom stereocenters. The summed E-state index contributed by atoms with van der Waals surface area (Å²) in [5, 5.41) is 1.92. The number of imide groups is 1. The van der Waals surface area contributed by atoms with E-state index >= 15 is 0 Å². The summed E-state index contributed by atoms with van der Waals surface area (Å²) in [4.78, 5) is 29.0. The van der Waals surface area contributed by atoms with Gasteiger partial charge in [0.2, 0.25) is 0 Å². The van der Waals surface area contributed by atoms with Gasteiger partial charge in [0.25, 0.3) is 11.8 Å². The fraction of sp³-hybridized carbons (Fsp3) is 0.200. The second-order valence-electron chi connectivity index (χ2n) is 7.39. The smallest absolute Gasteiger partial charge is 0.268 e. The first-order chi connectivity index (χ1) is 15.0. The van der Waals surface area contributed by atoms with Crippen molar-refractivity contribution in [2.75, 3.05) is 13.2 Å². The van der Waals surface area contributed by atoms with Crippen LogP contribution in [0.5, 0.6) is 5.75 Å². The molecule has 0 radical (unpaired) electrons. The van der Waals surface area contributed by atoms with Gasteiger partial charge in [-0.2, -0.15) is 0 Å². The highest BCUT2D eigenvalue weighted by molar-refractivity contribution is 8.03. The molecule has 0 spiro atoms. The minimum Gasteiger partial charge on any atom is -0.492 e. The van der Waals surface area contributed by atoms with Crippen LogP contribution in [-0.4, -0.2) is 29.9 Å². The quantitative estimate of drug-likeness (QED) is 0.429. The lowest BCUT2D eigenvalue weighted by Gasteiger charge is -2.16. The highest BCUT2D eigenvalue weighted by Gasteiger charge is 2.39. The van der Waals surface area contributed by atoms with Crippen LogP contribution in [0.15, 0.2) is 70.9 Å². The molecule has 2 amide bonds. The van der Waals surface area contributed by atoms with E-state index in [1.165, 1.54) is 28.0 Å². The number of rotatable bonds is 8. The van der Waals surface area contributed by atoms with E-state index in [0.717, 1.165) is 27.3 Å². The van der Waals surface area contributed by atoms with Gasteiger partial charge in [-0.15, -0.1) is 23.1 Å². The van der Waals surface area contributed by atoms with Gasteiger partial charge in [0.1, 0.15) is 12.4 Å². The third kappa shape index (κ3) is 4.92. The average Bonchev–Trinajstić information content (AvgIpc) is 3.34. The molecule has 6 heteroatoms. The van der Waals surface area contributed by atoms with Gasteiger partial charge >= 0.3 is 0 Å². The predicted octanol–water partition coefficient (Wildman–Crippen LogP) is 5.46. The predicted molar refractivity (Wildman–Crippen MR) is 127 cm³/mol. The Balaban J connectivity index is 1.49. The number of benzene rings is 2. The molecule has 0 saturated heterocycles. The molecule has 158 valence electrons. The molecule has 4 nitrogen and oxygen atoms in total. The van der Waals surface area contributed by atoms with Gasteiger partial charge in [0.15, 0.2) is 0 Å². The largest absolute Gasteiger partial charge is 0.492 e. The maximum Gasteiger partial charge on any atom is 0.268 e. The lowest BCUT2D eigenvalue weighted by atomic mass is 10.1. The lowest BCUT2D eigenvalue weighted by molar-refractivity contribution is -0.136. The summed E-state index contributed by atoms with van der Waals surface area (Å²) in [6, 6.07) is 19.7. The third-order valence-electron chi connectivity index (χ3n) is 4.90. The summed E-state index contributed by atoms with van der Waals surface area (Å²) in [6.45, 7) is 4.51. The molecule has 4 rings (SSSR count). The van der Waals surface area contributed by atoms with Crippen molar-refractivity contribution in [1.82, 2.24) is 4.90 Å². The fourth-order valence-corrected chi connectivity index (χ4v) is 5.44. The number of hydrogen-bond acceptors (Lipinski definition) is 5. The van der Waals surface area contributed by atoms with E-state index in [2.05, 4.69) is 6.07 Å². The van der Waals surface area contributed by atoms with E-state index in [1.807, 2.05) is 73.8 Å². The topological polar surface area (TPSA) is 46.6 Å². The van der Waals surface area contributed by atoms with Crippen molar-refractivity contribution in [3.8, 4) is 5.75 Å². The maximum atomic E-state index is 13.2. The molecule has 0 bridgehead atoms. The van der Waals surface area contributed by atoms with Crippen LogP contribution in [0.2, 0.25) is 0 Å². The zero-order chi connectivity index (χ0) is 21.8. The van der Waals surface area contributed by atoms with E-state index in [-0.39, 0.29) is 25.0 Å². The monoisotopic (exact) mass is 449 g/mol. The van der Waals surface area contributed by atoms with Gasteiger partial charge < -0.3 is 4.74 Å². The minimum atomic E-state index is -0.243. The Morgan fingerprint density at radius 1 is 0.935 bits per heavy atom. The number of nitrogens with zero attached hydrogens (tertiary/aromatic N) is 1. The van der Waals surface area contributed by atoms with Crippen molar-refractivity contribution in [2.45, 2.75) is 19.6 Å². The highest BCUT2D eigenvalue weighted by Crippen LogP contribution is 2.38. The number of hydrogen-bond donors (Lipinski definition) is 0. The fourth-order valence-electron chi connectivity index (χ4n) is 3.53. The summed E-state index contributed by atoms with van der Waals surface area (Å²) in [6.07, 6.45) is 0. The standard InChI is InChI=1S/C25H23NO3S2/c1-17-13-18(2)15-20(14-17)29-11-10-26-24(27)22(21-9-6-12-30-21)23(25(26)28)31-16-19-7-4-3-5-8-19/h3-9,12-15H,10-11,16H2,1-2H3. The molecule has 2 aromatic carbocycles. The highest BCUT2D eigenvalue weighted by atomic mass is 32.2. The van der Waals surface area contributed by atoms with Gasteiger partial charge in [-0.25, -0.2) is 0 Å². The number of carbonyl (C=O) groups is 2. The summed E-state index contributed by atoms with van der Waals surface area (Å²) in [7, 11) is 0. The van der Waals surface area contributed by atoms with Crippen LogP contribution in [0.1, 0.15) is 21.6 Å². The van der Waals surface area contributed by atoms with Crippen molar-refractivity contribution in [3.63, 3.8) is 0 Å². The Hall–Kier alpha value is -2.83. The van der Waals surface area contributed by atoms with E-state index in [4.69, 9.17) is 4.74 Å². The molecular formula is C25H23NO3S2. The Morgan fingerprint density at radius 3 is 2.35 bits per heavy atom. The number of ether oxygens (including phenoxy) is 1. The van der Waals surface area contributed by atoms with E-state index in [1.54, 1.807) is 0 Å². The van der Waals surface area contributed by atoms with Gasteiger partial charge in [0.05, 0.1) is 17.0 Å². The Bertz CT molecular complexity index is 1100. The van der Waals surface area contributed by atoms with Gasteiger partial charge in [-0.3, -0.25) is 14.5 Å². The van der Waals surface area contributed by atoms with Crippen LogP contribution >= 0.6 is 23.1 Å². The molecule has 1 aliphatic rings. The Morgan fingerprint density at radius 2 is 1.68 bits per heavy atom. The summed E-state index contributed by atoms with van der Waals surface area (Å²) in [5.74, 6) is 0.906. The SMILES string of the molecule is Cc1cc(C)cc(OCCN2C(=O)C(SCc3ccccc3)=C(c3cccs3)C2=O)c1. The number of aryl methyl sites for hydroxylation is 2. The summed E-state index contributed by atoms with van der Waals surface area (Å²) in [5.41, 5.74) is 3.85. The second-order valence-corrected chi connectivity index (χ2v) is 9.32. The number of thioether (sulfide) groups is 1. The molecule has 0 N–H and O–H groups in total. The van der Waals surface area contributed by atoms with Crippen molar-refractivity contribution >= 4 is 40.5 Å². The molecule has 0 aliphatic carbocycles. The molecular weight excluding hydrogens is 426 g/mol. The second kappa shape index (κ2) is 9.54. The maximum absolute atomic E-state index is 13.2. The average molecular weight is 450 g/mol. The molecule has 2 heterocycles. The summed E-state index contributed by atoms with van der Waals surface area (Å²) < 4.78 is 5.85. The third-order valence-corrected chi connectivity index (χ3v) is 6.93. The van der Waals surface area contributed by atoms with Crippen LogP contribution < -0.4 is 4.74 Å². The molecule has 0 saturated carbocycles. The van der Waals surface area contributed by atoms with Gasteiger partial charge in [-0.1, -0.05) is 42.5 Å². The molecule has 0 atom stereocenters. The van der Waals surface area contributed by atoms with Crippen molar-refractivity contribution < 1.29 is 14.3 Å². The minimum absolute atomic E-state index is 0.217. The van der Waals surface area contributed by atoms with E-state index in [0.29, 0.717) is 16.2 Å². The normalized spacial score (nSPS) is 13.9. The van der Waals surface area contributed by atoms with Crippen molar-refractivity contribution in [3.05, 3.63) is 92.5 Å². The first-order valence-corrected chi connectivity index (χ1v) is 11.9. The zero-order valence-electron chi connectivity index (χ0n) is 17.5. The van der Waals surface area contributed by atoms with Crippen LogP contribution in [0.4, 0.5) is 0 Å². The summed E-state index contributed by atoms with van der Waals surface area (Å²) >= 11 is 2.90. The van der Waals surface area contributed by atoms with E-state index < -0.39 is 0 Å². The number of thiophene rings is 1. The van der Waals surface area contributed by atoms with Crippen molar-refractivity contribution in [2.24, 2.45) is 0 Å². The molecule has 1 aromatic heterocycles. The first kappa shape index (κ1) is 21.4. The Labute approximate surface area is 190 Å². The van der Waals surface area contributed by atoms with Crippen LogP contribution in [-0.2, 0) is 15.3 Å². The molecule has 3 aromatic rings. The van der Waals surface area contributed by atoms with Crippen LogP contribution in [0.3, 0.4) is 0 Å². The lowest BCUT2D eigenvalue weighted by Crippen LogP contribution is -2.35. The first-order valence-electron chi connectivity index (χ1n) is 10.0. The van der Waals surface area contributed by atoms with Gasteiger partial charge in [0, 0.05) is 10.6 Å². The number of carbonyl (C=O) groups excluding carboxylic acids is 2. The zero-order valence-corrected chi connectivity index (χ0v) is 19.1. The van der Waals surface area contributed by atoms with Crippen LogP contribution in [0, 0.1) is 13.8 Å². The molecule has 0 fully saturated rings. The van der Waals surface area contributed by atoms with E-state index in [9.17, 15) is 9.59 Å². The number of amides is 2. The van der Waals surface area contributed by atoms with Crippen LogP contribution in [0.25, 0.3) is 5.57 Å². The van der Waals surface area contributed by atoms with Gasteiger partial charge in [-0.05, 0) is 54.1 Å². The molecule has 31 heavy (non-hydrogen) atoms. The van der Waals surface area contributed by atoms with Crippen molar-refractivity contribution in [1.29, 1.82) is 0 Å². The molecule has 1 aliphatic heterocycles. The Kier molecular flexibility index (Phi) is 6.59.